The van der Waals surface area contributed by atoms with Crippen LogP contribution in [0.3, 0.4) is 0 Å². The molecule has 136 valence electrons. The molecule has 1 unspecified atom stereocenters. The van der Waals surface area contributed by atoms with Gasteiger partial charge in [0.1, 0.15) is 0 Å². The van der Waals surface area contributed by atoms with Crippen molar-refractivity contribution in [2.75, 3.05) is 40.5 Å². The van der Waals surface area contributed by atoms with E-state index in [1.807, 2.05) is 0 Å². The zero-order valence-electron chi connectivity index (χ0n) is 15.0. The Bertz CT molecular complexity index is 505. The first-order chi connectivity index (χ1) is 11.2. The first kappa shape index (κ1) is 21.2. The number of halogens is 1. The van der Waals surface area contributed by atoms with Crippen molar-refractivity contribution in [2.24, 2.45) is 10.9 Å². The third kappa shape index (κ3) is 6.94. The van der Waals surface area contributed by atoms with Crippen LogP contribution in [0, 0.1) is 5.92 Å². The molecule has 1 aromatic carbocycles. The maximum absolute atomic E-state index is 5.46. The molecule has 6 heteroatoms. The van der Waals surface area contributed by atoms with Crippen molar-refractivity contribution in [1.82, 2.24) is 10.2 Å². The van der Waals surface area contributed by atoms with Gasteiger partial charge in [-0.3, -0.25) is 0 Å². The van der Waals surface area contributed by atoms with Gasteiger partial charge in [-0.2, -0.15) is 0 Å². The van der Waals surface area contributed by atoms with E-state index in [0.29, 0.717) is 19.1 Å². The predicted octanol–water partition coefficient (Wildman–Crippen LogP) is 2.88. The fourth-order valence-corrected chi connectivity index (χ4v) is 2.82. The summed E-state index contributed by atoms with van der Waals surface area (Å²) >= 11 is 0. The Morgan fingerprint density at radius 3 is 2.88 bits per heavy atom. The molecule has 0 saturated carbocycles. The third-order valence-corrected chi connectivity index (χ3v) is 3.97. The van der Waals surface area contributed by atoms with E-state index in [9.17, 15) is 0 Å². The first-order valence-electron chi connectivity index (χ1n) is 8.37. The number of methoxy groups -OCH3 is 1. The molecular formula is C18H30IN3O2. The van der Waals surface area contributed by atoms with Crippen LogP contribution in [0.25, 0.3) is 0 Å². The maximum Gasteiger partial charge on any atom is 0.193 e. The highest BCUT2D eigenvalue weighted by atomic mass is 127. The van der Waals surface area contributed by atoms with Crippen molar-refractivity contribution in [3.8, 4) is 0 Å². The van der Waals surface area contributed by atoms with Crippen molar-refractivity contribution in [3.05, 3.63) is 35.4 Å². The second kappa shape index (κ2) is 11.7. The van der Waals surface area contributed by atoms with Crippen LogP contribution in [0.15, 0.2) is 29.3 Å². The Labute approximate surface area is 162 Å². The molecule has 1 fully saturated rings. The molecule has 1 aliphatic rings. The molecule has 0 aromatic heterocycles. The van der Waals surface area contributed by atoms with Gasteiger partial charge in [0.25, 0.3) is 0 Å². The summed E-state index contributed by atoms with van der Waals surface area (Å²) in [5.74, 6) is 1.56. The fraction of sp³-hybridized carbons (Fsp3) is 0.611. The summed E-state index contributed by atoms with van der Waals surface area (Å²) in [6.07, 6.45) is 1.14. The standard InChI is InChI=1S/C18H29N3O2.HI/c1-4-19-18(21(2)12-17-8-9-23-14-17)20-11-15-6-5-7-16(10-15)13-22-3;/h5-7,10,17H,4,8-9,11-14H2,1-3H3,(H,19,20);1H. The molecule has 1 aromatic rings. The van der Waals surface area contributed by atoms with Crippen LogP contribution in [0.5, 0.6) is 0 Å². The molecule has 1 saturated heterocycles. The number of benzene rings is 1. The highest BCUT2D eigenvalue weighted by molar-refractivity contribution is 14.0. The van der Waals surface area contributed by atoms with E-state index in [0.717, 1.165) is 38.7 Å². The van der Waals surface area contributed by atoms with E-state index in [1.165, 1.54) is 11.1 Å². The minimum absolute atomic E-state index is 0. The van der Waals surface area contributed by atoms with E-state index in [-0.39, 0.29) is 24.0 Å². The quantitative estimate of drug-likeness (QED) is 0.397. The molecule has 0 bridgehead atoms. The van der Waals surface area contributed by atoms with Crippen molar-refractivity contribution >= 4 is 29.9 Å². The number of rotatable bonds is 7. The normalized spacial score (nSPS) is 17.5. The van der Waals surface area contributed by atoms with Gasteiger partial charge in [-0.1, -0.05) is 24.3 Å². The highest BCUT2D eigenvalue weighted by Gasteiger charge is 2.18. The van der Waals surface area contributed by atoms with Gasteiger partial charge in [0.2, 0.25) is 0 Å². The Morgan fingerprint density at radius 2 is 2.21 bits per heavy atom. The Hall–Kier alpha value is -0.860. The van der Waals surface area contributed by atoms with Gasteiger partial charge in [0, 0.05) is 39.8 Å². The van der Waals surface area contributed by atoms with Gasteiger partial charge in [0.15, 0.2) is 5.96 Å². The van der Waals surface area contributed by atoms with Crippen LogP contribution >= 0.6 is 24.0 Å². The minimum Gasteiger partial charge on any atom is -0.381 e. The van der Waals surface area contributed by atoms with Gasteiger partial charge >= 0.3 is 0 Å². The third-order valence-electron chi connectivity index (χ3n) is 3.97. The number of hydrogen-bond acceptors (Lipinski definition) is 3. The maximum atomic E-state index is 5.46. The van der Waals surface area contributed by atoms with Crippen LogP contribution < -0.4 is 5.32 Å². The van der Waals surface area contributed by atoms with Crippen molar-refractivity contribution in [2.45, 2.75) is 26.5 Å². The zero-order chi connectivity index (χ0) is 16.5. The molecule has 2 rings (SSSR count). The van der Waals surface area contributed by atoms with Crippen LogP contribution in [0.1, 0.15) is 24.5 Å². The van der Waals surface area contributed by atoms with Gasteiger partial charge in [-0.15, -0.1) is 24.0 Å². The summed E-state index contributed by atoms with van der Waals surface area (Å²) in [4.78, 5) is 6.99. The average molecular weight is 447 g/mol. The Kier molecular flexibility index (Phi) is 10.3. The van der Waals surface area contributed by atoms with E-state index in [1.54, 1.807) is 7.11 Å². The van der Waals surface area contributed by atoms with E-state index >= 15 is 0 Å². The number of nitrogens with one attached hydrogen (secondary N) is 1. The van der Waals surface area contributed by atoms with Crippen molar-refractivity contribution in [1.29, 1.82) is 0 Å². The van der Waals surface area contributed by atoms with Crippen molar-refractivity contribution < 1.29 is 9.47 Å². The lowest BCUT2D eigenvalue weighted by Crippen LogP contribution is -2.41. The molecule has 0 spiro atoms. The summed E-state index contributed by atoms with van der Waals surface area (Å²) in [6, 6.07) is 8.40. The summed E-state index contributed by atoms with van der Waals surface area (Å²) < 4.78 is 10.7. The van der Waals surface area contributed by atoms with Crippen LogP contribution in [-0.2, 0) is 22.6 Å². The van der Waals surface area contributed by atoms with Gasteiger partial charge in [-0.05, 0) is 24.5 Å². The monoisotopic (exact) mass is 447 g/mol. The molecule has 24 heavy (non-hydrogen) atoms. The van der Waals surface area contributed by atoms with E-state index < -0.39 is 0 Å². The average Bonchev–Trinajstić information content (AvgIpc) is 3.05. The van der Waals surface area contributed by atoms with Gasteiger partial charge < -0.3 is 19.7 Å². The minimum atomic E-state index is 0. The second-order valence-corrected chi connectivity index (χ2v) is 6.03. The molecule has 1 heterocycles. The van der Waals surface area contributed by atoms with Crippen LogP contribution in [-0.4, -0.2) is 51.3 Å². The van der Waals surface area contributed by atoms with Crippen LogP contribution in [0.2, 0.25) is 0 Å². The van der Waals surface area contributed by atoms with E-state index in [2.05, 4.69) is 48.5 Å². The number of aliphatic imine (C=N–C) groups is 1. The SMILES string of the molecule is CCNC(=NCc1cccc(COC)c1)N(C)CC1CCOC1.I. The molecular weight excluding hydrogens is 417 g/mol. The summed E-state index contributed by atoms with van der Waals surface area (Å²) in [7, 11) is 3.82. The Morgan fingerprint density at radius 1 is 1.42 bits per heavy atom. The highest BCUT2D eigenvalue weighted by Crippen LogP contribution is 2.13. The Balaban J connectivity index is 0.00000288. The lowest BCUT2D eigenvalue weighted by atomic mass is 10.1. The molecule has 1 N–H and O–H groups in total. The smallest absolute Gasteiger partial charge is 0.193 e. The number of hydrogen-bond donors (Lipinski definition) is 1. The topological polar surface area (TPSA) is 46.1 Å². The van der Waals surface area contributed by atoms with Gasteiger partial charge in [0.05, 0.1) is 19.8 Å². The van der Waals surface area contributed by atoms with E-state index in [4.69, 9.17) is 14.5 Å². The summed E-state index contributed by atoms with van der Waals surface area (Å²) in [6.45, 7) is 7.01. The van der Waals surface area contributed by atoms with Gasteiger partial charge in [-0.25, -0.2) is 4.99 Å². The largest absolute Gasteiger partial charge is 0.381 e. The summed E-state index contributed by atoms with van der Waals surface area (Å²) in [5.41, 5.74) is 2.38. The van der Waals surface area contributed by atoms with Crippen LogP contribution in [0.4, 0.5) is 0 Å². The lowest BCUT2D eigenvalue weighted by Gasteiger charge is -2.24. The molecule has 0 radical (unpaired) electrons. The number of guanidine groups is 1. The predicted molar refractivity (Wildman–Crippen MR) is 109 cm³/mol. The zero-order valence-corrected chi connectivity index (χ0v) is 17.3. The second-order valence-electron chi connectivity index (χ2n) is 6.03. The summed E-state index contributed by atoms with van der Waals surface area (Å²) in [5, 5.41) is 3.38. The molecule has 5 nitrogen and oxygen atoms in total. The first-order valence-corrected chi connectivity index (χ1v) is 8.37. The molecule has 0 amide bonds. The lowest BCUT2D eigenvalue weighted by molar-refractivity contribution is 0.181. The number of ether oxygens (including phenoxy) is 2. The molecule has 1 aliphatic heterocycles. The number of nitrogens with zero attached hydrogens (tertiary/aromatic N) is 2. The fourth-order valence-electron chi connectivity index (χ4n) is 2.82. The van der Waals surface area contributed by atoms with Crippen molar-refractivity contribution in [3.63, 3.8) is 0 Å². The molecule has 0 aliphatic carbocycles. The molecule has 1 atom stereocenters.